The van der Waals surface area contributed by atoms with E-state index >= 15 is 0 Å². The van der Waals surface area contributed by atoms with Gasteiger partial charge in [0.2, 0.25) is 23.6 Å². The Hall–Kier alpha value is -3.88. The number of hydrogen-bond acceptors (Lipinski definition) is 48. The molecule has 0 radical (unpaired) electrons. The van der Waals surface area contributed by atoms with Crippen LogP contribution in [0.3, 0.4) is 0 Å². The standard InChI is InChI=1S/C68H116N4O48/c1-16-34(85)44(95)48(99)63(104-16)116-55-33(72-22(7)83)62(112-30(14-79)54(55)115-68-59(120-65-50(101)46(97)36(87)18(3)106-65)57(41(92)28(12-77)110-68)118-61-31(70-20(5)81)42(93)38(89)25(9-74)107-61)117-56-40(91)27(11-76)108-66(51(56)102)113-52(23(8-73)69-19(4)80)37(88)24(84)15-103-60-32(71-21(6)82)43(94)53(29(13-78)111-60)114-67-58(47(98)39(90)26(10-75)109-67)119-64-49(100)45(96)35(86)17(2)105-64/h16-18,23-68,73-79,84-102H,8-15H2,1-7H3,(H,69,80)(H,70,81)(H,71,82)(H,72,83)/t16-,17-,18-,23-,24+,25+,26+,27+,28+,29+,30+,31+,32+,33+,34+,35+,36+,37-,38-,39-,40-,41-,42+,43+,44+,45+,46+,47-,48-,49-,50-,51+,52+,53+,54+,55+,56-,57-,58+,59+,60+,61+,62-,63-,64-,65-,66-,67-,68-/m0/s1. The number of carbonyl (C=O) groups is 4. The second kappa shape index (κ2) is 43.7. The van der Waals surface area contributed by atoms with Crippen LogP contribution in [0, 0.1) is 0 Å². The second-order valence-corrected chi connectivity index (χ2v) is 30.7. The fourth-order valence-corrected chi connectivity index (χ4v) is 15.4. The predicted molar refractivity (Wildman–Crippen MR) is 374 cm³/mol. The number of hydrogen-bond donors (Lipinski definition) is 30. The molecule has 0 bridgehead atoms. The molecule has 52 nitrogen and oxygen atoms in total. The minimum Gasteiger partial charge on any atom is -0.394 e. The molecule has 0 aromatic heterocycles. The fraction of sp³-hybridized carbons (Fsp3) is 0.941. The molecule has 0 saturated carbocycles. The maximum absolute atomic E-state index is 13.7. The van der Waals surface area contributed by atoms with Crippen LogP contribution in [-0.2, 0) is 104 Å². The van der Waals surface area contributed by atoms with Crippen LogP contribution in [0.4, 0.5) is 0 Å². The lowest BCUT2D eigenvalue weighted by Crippen LogP contribution is -2.72. The molecule has 0 aromatic rings. The third-order valence-electron chi connectivity index (χ3n) is 22.0. The van der Waals surface area contributed by atoms with Gasteiger partial charge in [-0.2, -0.15) is 0 Å². The fourth-order valence-electron chi connectivity index (χ4n) is 15.4. The van der Waals surface area contributed by atoms with Gasteiger partial charge in [-0.15, -0.1) is 0 Å². The number of rotatable bonds is 33. The molecule has 9 aliphatic heterocycles. The van der Waals surface area contributed by atoms with Crippen LogP contribution < -0.4 is 21.3 Å². The Bertz CT molecular complexity index is 3200. The van der Waals surface area contributed by atoms with Gasteiger partial charge in [0.15, 0.2) is 56.6 Å². The summed E-state index contributed by atoms with van der Waals surface area (Å²) in [6, 6.07) is -7.67. The third kappa shape index (κ3) is 22.4. The quantitative estimate of drug-likeness (QED) is 0.0290. The van der Waals surface area contributed by atoms with Gasteiger partial charge in [-0.1, -0.05) is 0 Å². The van der Waals surface area contributed by atoms with Gasteiger partial charge in [0.1, 0.15) is 220 Å². The summed E-state index contributed by atoms with van der Waals surface area (Å²) in [7, 11) is 0. The highest BCUT2D eigenvalue weighted by Gasteiger charge is 2.62. The first-order valence-corrected chi connectivity index (χ1v) is 38.6. The molecular weight excluding hydrogens is 1640 g/mol. The molecule has 9 fully saturated rings. The molecule has 30 N–H and O–H groups in total. The highest BCUT2D eigenvalue weighted by Crippen LogP contribution is 2.41. The molecule has 9 rings (SSSR count). The zero-order valence-electron chi connectivity index (χ0n) is 65.6. The van der Waals surface area contributed by atoms with E-state index in [-0.39, 0.29) is 0 Å². The van der Waals surface area contributed by atoms with Gasteiger partial charge in [-0.3, -0.25) is 19.2 Å². The average Bonchev–Trinajstić information content (AvgIpc) is 0.757. The van der Waals surface area contributed by atoms with E-state index in [2.05, 4.69) is 21.3 Å². The third-order valence-corrected chi connectivity index (χ3v) is 22.0. The van der Waals surface area contributed by atoms with Crippen molar-refractivity contribution in [3.05, 3.63) is 0 Å². The molecule has 120 heavy (non-hydrogen) atoms. The summed E-state index contributed by atoms with van der Waals surface area (Å²) < 4.78 is 108. The minimum absolute atomic E-state index is 0.872. The Kier molecular flexibility index (Phi) is 36.4. The van der Waals surface area contributed by atoms with Crippen molar-refractivity contribution in [2.24, 2.45) is 0 Å². The smallest absolute Gasteiger partial charge is 0.217 e. The summed E-state index contributed by atoms with van der Waals surface area (Å²) in [5.41, 5.74) is 0. The zero-order chi connectivity index (χ0) is 88.8. The molecule has 0 unspecified atom stereocenters. The van der Waals surface area contributed by atoms with Gasteiger partial charge in [-0.25, -0.2) is 0 Å². The maximum atomic E-state index is 13.7. The van der Waals surface area contributed by atoms with Crippen molar-refractivity contribution >= 4 is 23.6 Å². The van der Waals surface area contributed by atoms with Crippen molar-refractivity contribution in [3.63, 3.8) is 0 Å². The van der Waals surface area contributed by atoms with Crippen molar-refractivity contribution in [2.75, 3.05) is 52.9 Å². The van der Waals surface area contributed by atoms with Crippen LogP contribution in [0.25, 0.3) is 0 Å². The molecule has 9 saturated heterocycles. The molecule has 4 amide bonds. The summed E-state index contributed by atoms with van der Waals surface area (Å²) in [6.45, 7) is -1.79. The van der Waals surface area contributed by atoms with Crippen molar-refractivity contribution < 1.29 is 237 Å². The maximum Gasteiger partial charge on any atom is 0.217 e. The second-order valence-electron chi connectivity index (χ2n) is 30.7. The van der Waals surface area contributed by atoms with Crippen molar-refractivity contribution in [3.8, 4) is 0 Å². The van der Waals surface area contributed by atoms with Gasteiger partial charge in [-0.05, 0) is 20.8 Å². The summed E-state index contributed by atoms with van der Waals surface area (Å²) in [5, 5.41) is 300. The van der Waals surface area contributed by atoms with Crippen LogP contribution >= 0.6 is 0 Å². The number of carbonyl (C=O) groups excluding carboxylic acids is 4. The highest BCUT2D eigenvalue weighted by atomic mass is 16.8. The van der Waals surface area contributed by atoms with Crippen LogP contribution in [0.1, 0.15) is 48.5 Å². The zero-order valence-corrected chi connectivity index (χ0v) is 65.6. The summed E-state index contributed by atoms with van der Waals surface area (Å²) >= 11 is 0. The van der Waals surface area contributed by atoms with Gasteiger partial charge >= 0.3 is 0 Å². The van der Waals surface area contributed by atoms with E-state index in [9.17, 15) is 152 Å². The predicted octanol–water partition coefficient (Wildman–Crippen LogP) is -19.5. The van der Waals surface area contributed by atoms with E-state index in [1.54, 1.807) is 0 Å². The largest absolute Gasteiger partial charge is 0.394 e. The van der Waals surface area contributed by atoms with Crippen LogP contribution in [0.15, 0.2) is 0 Å². The van der Waals surface area contributed by atoms with E-state index in [1.807, 2.05) is 0 Å². The Morgan fingerprint density at radius 1 is 0.300 bits per heavy atom. The lowest BCUT2D eigenvalue weighted by molar-refractivity contribution is -0.408. The van der Waals surface area contributed by atoms with E-state index in [0.29, 0.717) is 0 Å². The number of amides is 4. The van der Waals surface area contributed by atoms with E-state index in [4.69, 9.17) is 85.3 Å². The molecule has 0 spiro atoms. The number of nitrogens with one attached hydrogen (secondary N) is 4. The van der Waals surface area contributed by atoms with Gasteiger partial charge in [0.25, 0.3) is 0 Å². The molecule has 9 heterocycles. The van der Waals surface area contributed by atoms with Crippen molar-refractivity contribution in [1.29, 1.82) is 0 Å². The Morgan fingerprint density at radius 2 is 0.650 bits per heavy atom. The minimum atomic E-state index is -2.55. The Morgan fingerprint density at radius 3 is 1.12 bits per heavy atom. The van der Waals surface area contributed by atoms with Crippen molar-refractivity contribution in [2.45, 2.75) is 349 Å². The first kappa shape index (κ1) is 99.9. The molecule has 0 aromatic carbocycles. The van der Waals surface area contributed by atoms with E-state index in [1.165, 1.54) is 20.8 Å². The summed E-state index contributed by atoms with van der Waals surface area (Å²) in [5.74, 6) is -3.80. The monoisotopic (exact) mass is 1760 g/mol. The van der Waals surface area contributed by atoms with Gasteiger partial charge in [0, 0.05) is 27.7 Å². The Labute approximate surface area is 682 Å². The van der Waals surface area contributed by atoms with Gasteiger partial charge in [0.05, 0.1) is 77.2 Å². The summed E-state index contributed by atoms with van der Waals surface area (Å²) in [4.78, 5) is 52.0. The summed E-state index contributed by atoms with van der Waals surface area (Å²) in [6.07, 6.45) is -92.1. The molecule has 52 heteroatoms. The lowest BCUT2D eigenvalue weighted by Gasteiger charge is -2.53. The van der Waals surface area contributed by atoms with E-state index in [0.717, 1.165) is 27.7 Å². The number of aliphatic hydroxyl groups excluding tert-OH is 26. The van der Waals surface area contributed by atoms with Crippen LogP contribution in [0.5, 0.6) is 0 Å². The van der Waals surface area contributed by atoms with Crippen molar-refractivity contribution in [1.82, 2.24) is 21.3 Å². The molecule has 696 valence electrons. The Balaban J connectivity index is 1.02. The number of aliphatic hydroxyl groups is 26. The molecule has 49 atom stereocenters. The average molecular weight is 1760 g/mol. The first-order chi connectivity index (χ1) is 56.6. The first-order valence-electron chi connectivity index (χ1n) is 38.6. The molecular formula is C68H116N4O48. The molecule has 0 aliphatic carbocycles. The topological polar surface area (TPSA) is 809 Å². The van der Waals surface area contributed by atoms with Crippen LogP contribution in [-0.4, -0.2) is 510 Å². The van der Waals surface area contributed by atoms with Gasteiger partial charge < -0.3 is 239 Å². The molecule has 9 aliphatic rings. The normalized spacial score (nSPS) is 47.6. The van der Waals surface area contributed by atoms with Crippen LogP contribution in [0.2, 0.25) is 0 Å². The lowest BCUT2D eigenvalue weighted by atomic mass is 9.93. The SMILES string of the molecule is CC(=O)N[C@H]1[C@H](OC[C@@H](O)[C@H](O)[C@H](O[C@@H]2O[C@H](CO)[C@H](O)[C@H](O[C@@H]3O[C@H](CO)[C@@H](O[C@@H]4O[C@H](CO)[C@H](O)[C@H](O[C@H]5O[C@H](CO)[C@H](O)[C@H](O)[C@H]5NC(C)=O)[C@H]4O[C@@H]4O[C@@H](C)[C@@H](O)[C@@H](O)[C@@H]4O)[C@H](O[C@@H]4O[C@@H](C)[C@@H](O)[C@@H](O)[C@@H]4O)[C@H]3NC(C)=O)[C@H]2O)[C@H](CO)NC(C)=O)O[C@H](CO)[C@@H](O[C@@H]2O[C@H](CO)[C@H](O)[C@H](O)[C@H]2O[C@@H]2O[C@@H](C)[C@@H](O)[C@@H](O)[C@@H]2O)[C@@H]1O. The highest BCUT2D eigenvalue weighted by molar-refractivity contribution is 5.74. The van der Waals surface area contributed by atoms with E-state index < -0.39 is 377 Å². The number of ether oxygens (including phenoxy) is 18.